The number of carbonyl (C=O) groups is 1. The normalized spacial score (nSPS) is 13.6. The predicted molar refractivity (Wildman–Crippen MR) is 67.1 cm³/mol. The van der Waals surface area contributed by atoms with Crippen LogP contribution in [-0.4, -0.2) is 23.0 Å². The lowest BCUT2D eigenvalue weighted by atomic mass is 9.89. The Bertz CT molecular complexity index is 393. The van der Waals surface area contributed by atoms with E-state index in [9.17, 15) is 4.79 Å². The second-order valence-electron chi connectivity index (χ2n) is 5.41. The minimum atomic E-state index is -0.390. The Morgan fingerprint density at radius 3 is 2.61 bits per heavy atom. The molecule has 0 saturated carbocycles. The number of ketones is 1. The second-order valence-corrected chi connectivity index (χ2v) is 5.41. The Hall–Kier alpha value is -1.23. The molecule has 0 fully saturated rings. The fourth-order valence-corrected chi connectivity index (χ4v) is 1.49. The molecule has 1 aromatic rings. The minimum Gasteiger partial charge on any atom is -0.373 e. The van der Waals surface area contributed by atoms with Gasteiger partial charge in [-0.15, -0.1) is 0 Å². The van der Waals surface area contributed by atoms with Crippen LogP contribution in [0.2, 0.25) is 0 Å². The summed E-state index contributed by atoms with van der Waals surface area (Å²) in [5.41, 5.74) is -0.390. The van der Waals surface area contributed by atoms with E-state index in [1.165, 1.54) is 0 Å². The minimum absolute atomic E-state index is 0.0853. The molecular formula is C13H22N2O3. The molecule has 0 spiro atoms. The summed E-state index contributed by atoms with van der Waals surface area (Å²) in [5.74, 6) is 0.973. The predicted octanol–water partition coefficient (Wildman–Crippen LogP) is 2.71. The number of aromatic nitrogens is 2. The summed E-state index contributed by atoms with van der Waals surface area (Å²) in [7, 11) is 1.62. The van der Waals surface area contributed by atoms with E-state index in [0.29, 0.717) is 11.7 Å². The Labute approximate surface area is 108 Å². The third-order valence-electron chi connectivity index (χ3n) is 2.76. The van der Waals surface area contributed by atoms with Crippen LogP contribution in [0.15, 0.2) is 4.52 Å². The third-order valence-corrected chi connectivity index (χ3v) is 2.76. The van der Waals surface area contributed by atoms with Crippen LogP contribution >= 0.6 is 0 Å². The van der Waals surface area contributed by atoms with Gasteiger partial charge in [-0.25, -0.2) is 0 Å². The highest BCUT2D eigenvalue weighted by molar-refractivity contribution is 5.84. The molecule has 1 heterocycles. The summed E-state index contributed by atoms with van der Waals surface area (Å²) >= 11 is 0. The number of carbonyl (C=O) groups excluding carboxylic acids is 1. The molecule has 0 aliphatic carbocycles. The van der Waals surface area contributed by atoms with Gasteiger partial charge in [0, 0.05) is 12.5 Å². The van der Waals surface area contributed by atoms with Gasteiger partial charge in [0.15, 0.2) is 0 Å². The van der Waals surface area contributed by atoms with E-state index in [1.54, 1.807) is 7.11 Å². The van der Waals surface area contributed by atoms with Crippen LogP contribution in [0, 0.1) is 5.41 Å². The van der Waals surface area contributed by atoms with E-state index in [4.69, 9.17) is 9.26 Å². The first-order valence-corrected chi connectivity index (χ1v) is 6.27. The molecule has 0 aromatic carbocycles. The molecule has 0 bridgehead atoms. The molecule has 102 valence electrons. The van der Waals surface area contributed by atoms with Crippen molar-refractivity contribution in [1.29, 1.82) is 0 Å². The van der Waals surface area contributed by atoms with Gasteiger partial charge < -0.3 is 9.26 Å². The number of methoxy groups -OCH3 is 1. The van der Waals surface area contributed by atoms with Crippen LogP contribution in [0.3, 0.4) is 0 Å². The second kappa shape index (κ2) is 6.09. The van der Waals surface area contributed by atoms with Gasteiger partial charge in [0.05, 0.1) is 6.42 Å². The van der Waals surface area contributed by atoms with Gasteiger partial charge in [0.1, 0.15) is 11.9 Å². The van der Waals surface area contributed by atoms with E-state index < -0.39 is 5.41 Å². The molecular weight excluding hydrogens is 232 g/mol. The van der Waals surface area contributed by atoms with E-state index in [1.807, 2.05) is 20.8 Å². The fraction of sp³-hybridized carbons (Fsp3) is 0.769. The Morgan fingerprint density at radius 2 is 2.11 bits per heavy atom. The zero-order valence-electron chi connectivity index (χ0n) is 11.8. The van der Waals surface area contributed by atoms with Gasteiger partial charge in [0.2, 0.25) is 11.7 Å². The van der Waals surface area contributed by atoms with Crippen molar-refractivity contribution in [1.82, 2.24) is 10.1 Å². The SMILES string of the molecule is CCCC(OC)c1noc(CC(=O)C(C)(C)C)n1. The van der Waals surface area contributed by atoms with Crippen molar-refractivity contribution in [3.63, 3.8) is 0 Å². The molecule has 0 radical (unpaired) electrons. The summed E-state index contributed by atoms with van der Waals surface area (Å²) in [4.78, 5) is 16.1. The van der Waals surface area contributed by atoms with Crippen molar-refractivity contribution in [2.75, 3.05) is 7.11 Å². The first-order valence-electron chi connectivity index (χ1n) is 6.27. The van der Waals surface area contributed by atoms with Gasteiger partial charge in [-0.3, -0.25) is 4.79 Å². The van der Waals surface area contributed by atoms with Crippen LogP contribution in [0.4, 0.5) is 0 Å². The number of Topliss-reactive ketones (excluding diaryl/α,β-unsaturated/α-hetero) is 1. The van der Waals surface area contributed by atoms with Crippen molar-refractivity contribution in [3.8, 4) is 0 Å². The van der Waals surface area contributed by atoms with Crippen molar-refractivity contribution >= 4 is 5.78 Å². The quantitative estimate of drug-likeness (QED) is 0.781. The number of hydrogen-bond acceptors (Lipinski definition) is 5. The zero-order chi connectivity index (χ0) is 13.8. The average Bonchev–Trinajstić information content (AvgIpc) is 2.73. The largest absolute Gasteiger partial charge is 0.373 e. The first kappa shape index (κ1) is 14.8. The average molecular weight is 254 g/mol. The summed E-state index contributed by atoms with van der Waals surface area (Å²) in [6.07, 6.45) is 1.84. The van der Waals surface area contributed by atoms with Crippen LogP contribution in [-0.2, 0) is 16.0 Å². The summed E-state index contributed by atoms with van der Waals surface area (Å²) < 4.78 is 10.4. The fourth-order valence-electron chi connectivity index (χ4n) is 1.49. The maximum atomic E-state index is 11.8. The van der Waals surface area contributed by atoms with Crippen molar-refractivity contribution < 1.29 is 14.1 Å². The van der Waals surface area contributed by atoms with E-state index in [0.717, 1.165) is 12.8 Å². The molecule has 1 aromatic heterocycles. The number of rotatable bonds is 6. The molecule has 18 heavy (non-hydrogen) atoms. The van der Waals surface area contributed by atoms with E-state index in [-0.39, 0.29) is 18.3 Å². The topological polar surface area (TPSA) is 65.2 Å². The summed E-state index contributed by atoms with van der Waals surface area (Å²) in [6, 6.07) is 0. The van der Waals surface area contributed by atoms with Crippen LogP contribution in [0.1, 0.15) is 58.4 Å². The molecule has 0 saturated heterocycles. The highest BCUT2D eigenvalue weighted by Gasteiger charge is 2.25. The first-order chi connectivity index (χ1) is 8.38. The summed E-state index contributed by atoms with van der Waals surface area (Å²) in [5, 5.41) is 3.88. The molecule has 0 amide bonds. The highest BCUT2D eigenvalue weighted by atomic mass is 16.5. The lowest BCUT2D eigenvalue weighted by molar-refractivity contribution is -0.125. The number of ether oxygens (including phenoxy) is 1. The monoisotopic (exact) mass is 254 g/mol. The molecule has 0 N–H and O–H groups in total. The summed E-state index contributed by atoms with van der Waals surface area (Å²) in [6.45, 7) is 7.70. The van der Waals surface area contributed by atoms with Crippen LogP contribution in [0.5, 0.6) is 0 Å². The smallest absolute Gasteiger partial charge is 0.234 e. The molecule has 0 aliphatic heterocycles. The molecule has 1 atom stereocenters. The number of hydrogen-bond donors (Lipinski definition) is 0. The lowest BCUT2D eigenvalue weighted by Crippen LogP contribution is -2.22. The van der Waals surface area contributed by atoms with Crippen molar-refractivity contribution in [2.24, 2.45) is 5.41 Å². The zero-order valence-corrected chi connectivity index (χ0v) is 11.8. The molecule has 1 unspecified atom stereocenters. The van der Waals surface area contributed by atoms with E-state index >= 15 is 0 Å². The van der Waals surface area contributed by atoms with Crippen LogP contribution in [0.25, 0.3) is 0 Å². The molecule has 5 heteroatoms. The molecule has 5 nitrogen and oxygen atoms in total. The Morgan fingerprint density at radius 1 is 1.44 bits per heavy atom. The lowest BCUT2D eigenvalue weighted by Gasteiger charge is -2.14. The Kier molecular flexibility index (Phi) is 5.02. The number of nitrogens with zero attached hydrogens (tertiary/aromatic N) is 2. The molecule has 0 aliphatic rings. The maximum Gasteiger partial charge on any atom is 0.234 e. The maximum absolute atomic E-state index is 11.8. The Balaban J connectivity index is 2.71. The van der Waals surface area contributed by atoms with Gasteiger partial charge in [-0.05, 0) is 6.42 Å². The van der Waals surface area contributed by atoms with Gasteiger partial charge in [0.25, 0.3) is 0 Å². The van der Waals surface area contributed by atoms with Gasteiger partial charge in [-0.1, -0.05) is 39.3 Å². The van der Waals surface area contributed by atoms with Crippen molar-refractivity contribution in [2.45, 2.75) is 53.1 Å². The van der Waals surface area contributed by atoms with Gasteiger partial charge in [-0.2, -0.15) is 4.98 Å². The van der Waals surface area contributed by atoms with Gasteiger partial charge >= 0.3 is 0 Å². The molecule has 1 rings (SSSR count). The highest BCUT2D eigenvalue weighted by Crippen LogP contribution is 2.21. The standard InChI is InChI=1S/C13H22N2O3/c1-6-7-9(17-5)12-14-11(18-15-12)8-10(16)13(2,3)4/h9H,6-8H2,1-5H3. The van der Waals surface area contributed by atoms with Crippen LogP contribution < -0.4 is 0 Å². The third kappa shape index (κ3) is 3.91. The van der Waals surface area contributed by atoms with Crippen molar-refractivity contribution in [3.05, 3.63) is 11.7 Å². The van der Waals surface area contributed by atoms with E-state index in [2.05, 4.69) is 17.1 Å².